The summed E-state index contributed by atoms with van der Waals surface area (Å²) in [7, 11) is 0. The van der Waals surface area contributed by atoms with Crippen LogP contribution in [0.5, 0.6) is 0 Å². The van der Waals surface area contributed by atoms with Crippen molar-refractivity contribution in [1.82, 2.24) is 10.3 Å². The first-order valence-electron chi connectivity index (χ1n) is 7.08. The maximum atomic E-state index is 4.64. The van der Waals surface area contributed by atoms with Gasteiger partial charge < -0.3 is 5.32 Å². The number of nitrogens with one attached hydrogen (secondary N) is 1. The lowest BCUT2D eigenvalue weighted by atomic mass is 10.1. The van der Waals surface area contributed by atoms with Gasteiger partial charge in [0.25, 0.3) is 0 Å². The van der Waals surface area contributed by atoms with Crippen LogP contribution < -0.4 is 5.32 Å². The Morgan fingerprint density at radius 3 is 2.84 bits per heavy atom. The fourth-order valence-corrected chi connectivity index (χ4v) is 6.04. The number of nitrogens with zero attached hydrogens (tertiary/aromatic N) is 1. The van der Waals surface area contributed by atoms with Gasteiger partial charge in [-0.25, -0.2) is 4.98 Å². The van der Waals surface area contributed by atoms with Crippen molar-refractivity contribution >= 4 is 34.9 Å². The van der Waals surface area contributed by atoms with E-state index >= 15 is 0 Å². The summed E-state index contributed by atoms with van der Waals surface area (Å²) < 4.78 is 0. The van der Waals surface area contributed by atoms with Gasteiger partial charge in [0.15, 0.2) is 0 Å². The summed E-state index contributed by atoms with van der Waals surface area (Å²) in [6.45, 7) is 7.83. The summed E-state index contributed by atoms with van der Waals surface area (Å²) in [5.41, 5.74) is 1.26. The molecule has 0 radical (unpaired) electrons. The first kappa shape index (κ1) is 15.7. The highest BCUT2D eigenvalue weighted by molar-refractivity contribution is 8.07. The Balaban J connectivity index is 2.01. The fraction of sp³-hybridized carbons (Fsp3) is 0.786. The van der Waals surface area contributed by atoms with Crippen LogP contribution in [0.3, 0.4) is 0 Å². The monoisotopic (exact) mass is 316 g/mol. The Bertz CT molecular complexity index is 381. The topological polar surface area (TPSA) is 24.9 Å². The number of hydrogen-bond donors (Lipinski definition) is 1. The van der Waals surface area contributed by atoms with Crippen LogP contribution in [0.4, 0.5) is 0 Å². The second-order valence-corrected chi connectivity index (χ2v) is 8.87. The normalized spacial score (nSPS) is 25.4. The molecule has 1 fully saturated rings. The lowest BCUT2D eigenvalue weighted by Crippen LogP contribution is -2.46. The van der Waals surface area contributed by atoms with E-state index in [1.807, 2.05) is 0 Å². The SMILES string of the molecule is CCCNC(Cc1csc(C)n1)C1SCCSC1C. The summed E-state index contributed by atoms with van der Waals surface area (Å²) in [5.74, 6) is 2.60. The number of thiazole rings is 1. The fourth-order valence-electron chi connectivity index (χ4n) is 2.45. The molecule has 1 aromatic rings. The molecule has 0 bridgehead atoms. The summed E-state index contributed by atoms with van der Waals surface area (Å²) in [4.78, 5) is 4.64. The summed E-state index contributed by atoms with van der Waals surface area (Å²) in [6.07, 6.45) is 2.28. The highest BCUT2D eigenvalue weighted by atomic mass is 32.2. The van der Waals surface area contributed by atoms with Crippen LogP contribution >= 0.6 is 34.9 Å². The van der Waals surface area contributed by atoms with Gasteiger partial charge >= 0.3 is 0 Å². The van der Waals surface area contributed by atoms with Crippen molar-refractivity contribution < 1.29 is 0 Å². The molecule has 0 saturated carbocycles. The minimum atomic E-state index is 0.564. The Labute approximate surface area is 129 Å². The zero-order valence-corrected chi connectivity index (χ0v) is 14.5. The highest BCUT2D eigenvalue weighted by Gasteiger charge is 2.30. The van der Waals surface area contributed by atoms with Crippen molar-refractivity contribution in [1.29, 1.82) is 0 Å². The van der Waals surface area contributed by atoms with Crippen LogP contribution in [-0.4, -0.2) is 39.6 Å². The number of aromatic nitrogens is 1. The molecule has 2 heterocycles. The molecule has 5 heteroatoms. The third kappa shape index (κ3) is 4.66. The molecular formula is C14H24N2S3. The molecule has 0 spiro atoms. The zero-order chi connectivity index (χ0) is 13.7. The molecule has 19 heavy (non-hydrogen) atoms. The molecule has 1 aliphatic rings. The Kier molecular flexibility index (Phi) is 6.53. The van der Waals surface area contributed by atoms with E-state index in [0.717, 1.165) is 18.2 Å². The van der Waals surface area contributed by atoms with Gasteiger partial charge in [0, 0.05) is 39.8 Å². The summed E-state index contributed by atoms with van der Waals surface area (Å²) >= 11 is 6.04. The van der Waals surface area contributed by atoms with Crippen molar-refractivity contribution in [2.45, 2.75) is 50.2 Å². The van der Waals surface area contributed by atoms with Gasteiger partial charge in [0.1, 0.15) is 0 Å². The Morgan fingerprint density at radius 2 is 2.21 bits per heavy atom. The molecule has 3 unspecified atom stereocenters. The summed E-state index contributed by atoms with van der Waals surface area (Å²) in [6, 6.07) is 0.564. The van der Waals surface area contributed by atoms with Gasteiger partial charge in [-0.1, -0.05) is 13.8 Å². The van der Waals surface area contributed by atoms with Crippen molar-refractivity contribution in [3.05, 3.63) is 16.1 Å². The molecule has 108 valence electrons. The number of aryl methyl sites for hydroxylation is 1. The van der Waals surface area contributed by atoms with Crippen molar-refractivity contribution in [2.24, 2.45) is 0 Å². The molecule has 1 saturated heterocycles. The van der Waals surface area contributed by atoms with Crippen molar-refractivity contribution in [3.8, 4) is 0 Å². The Hall–Kier alpha value is 0.290. The van der Waals surface area contributed by atoms with Gasteiger partial charge in [-0.3, -0.25) is 0 Å². The van der Waals surface area contributed by atoms with E-state index in [9.17, 15) is 0 Å². The van der Waals surface area contributed by atoms with Crippen molar-refractivity contribution in [2.75, 3.05) is 18.1 Å². The van der Waals surface area contributed by atoms with E-state index in [4.69, 9.17) is 0 Å². The van der Waals surface area contributed by atoms with Crippen LogP contribution in [0, 0.1) is 6.92 Å². The molecule has 0 aromatic carbocycles. The van der Waals surface area contributed by atoms with Gasteiger partial charge in [0.05, 0.1) is 10.7 Å². The van der Waals surface area contributed by atoms with E-state index in [1.54, 1.807) is 11.3 Å². The largest absolute Gasteiger partial charge is 0.312 e. The average molecular weight is 317 g/mol. The number of hydrogen-bond acceptors (Lipinski definition) is 5. The lowest BCUT2D eigenvalue weighted by Gasteiger charge is -2.35. The maximum Gasteiger partial charge on any atom is 0.0897 e. The molecule has 0 aliphatic carbocycles. The van der Waals surface area contributed by atoms with E-state index in [2.05, 4.69) is 60.0 Å². The minimum Gasteiger partial charge on any atom is -0.312 e. The smallest absolute Gasteiger partial charge is 0.0897 e. The maximum absolute atomic E-state index is 4.64. The summed E-state index contributed by atoms with van der Waals surface area (Å²) in [5, 5.41) is 8.62. The van der Waals surface area contributed by atoms with Crippen LogP contribution in [-0.2, 0) is 6.42 Å². The first-order chi connectivity index (χ1) is 9.20. The third-order valence-corrected chi connectivity index (χ3v) is 7.46. The lowest BCUT2D eigenvalue weighted by molar-refractivity contribution is 0.483. The van der Waals surface area contributed by atoms with Gasteiger partial charge in [0.2, 0.25) is 0 Å². The van der Waals surface area contributed by atoms with Crippen molar-refractivity contribution in [3.63, 3.8) is 0 Å². The predicted molar refractivity (Wildman–Crippen MR) is 90.8 cm³/mol. The van der Waals surface area contributed by atoms with Crippen LogP contribution in [0.1, 0.15) is 31.0 Å². The standard InChI is InChI=1S/C14H24N2S3/c1-4-5-15-13(8-12-9-19-11(3)16-12)14-10(2)17-6-7-18-14/h9-10,13-15H,4-8H2,1-3H3. The molecule has 2 rings (SSSR count). The molecule has 0 amide bonds. The number of thioether (sulfide) groups is 2. The van der Waals surface area contributed by atoms with Gasteiger partial charge in [-0.15, -0.1) is 11.3 Å². The molecule has 3 atom stereocenters. The second-order valence-electron chi connectivity index (χ2n) is 5.03. The van der Waals surface area contributed by atoms with E-state index < -0.39 is 0 Å². The molecular weight excluding hydrogens is 292 g/mol. The molecule has 2 nitrogen and oxygen atoms in total. The predicted octanol–water partition coefficient (Wildman–Crippen LogP) is 3.60. The van der Waals surface area contributed by atoms with Crippen LogP contribution in [0.2, 0.25) is 0 Å². The van der Waals surface area contributed by atoms with Crippen LogP contribution in [0.25, 0.3) is 0 Å². The Morgan fingerprint density at radius 1 is 1.42 bits per heavy atom. The van der Waals surface area contributed by atoms with E-state index in [-0.39, 0.29) is 0 Å². The molecule has 1 aromatic heterocycles. The highest BCUT2D eigenvalue weighted by Crippen LogP contribution is 2.34. The third-order valence-electron chi connectivity index (χ3n) is 3.39. The average Bonchev–Trinajstić information content (AvgIpc) is 2.81. The molecule has 1 N–H and O–H groups in total. The van der Waals surface area contributed by atoms with Gasteiger partial charge in [-0.2, -0.15) is 23.5 Å². The number of rotatable bonds is 6. The van der Waals surface area contributed by atoms with E-state index in [1.165, 1.54) is 28.6 Å². The van der Waals surface area contributed by atoms with Crippen LogP contribution in [0.15, 0.2) is 5.38 Å². The zero-order valence-electron chi connectivity index (χ0n) is 12.0. The van der Waals surface area contributed by atoms with E-state index in [0.29, 0.717) is 11.3 Å². The first-order valence-corrected chi connectivity index (χ1v) is 10.1. The second kappa shape index (κ2) is 7.91. The molecule has 1 aliphatic heterocycles. The quantitative estimate of drug-likeness (QED) is 0.867. The minimum absolute atomic E-state index is 0.564. The van der Waals surface area contributed by atoms with Gasteiger partial charge in [-0.05, 0) is 19.9 Å².